The first-order valence-corrected chi connectivity index (χ1v) is 12.3. The highest BCUT2D eigenvalue weighted by Crippen LogP contribution is 2.31. The molecule has 1 fully saturated rings. The number of amides is 2. The van der Waals surface area contributed by atoms with Gasteiger partial charge >= 0.3 is 0 Å². The van der Waals surface area contributed by atoms with Gasteiger partial charge in [0.1, 0.15) is 11.3 Å². The Bertz CT molecular complexity index is 1130. The molecule has 7 nitrogen and oxygen atoms in total. The number of sulfone groups is 1. The summed E-state index contributed by atoms with van der Waals surface area (Å²) in [5, 5.41) is 15.8. The third-order valence-corrected chi connectivity index (χ3v) is 7.90. The fraction of sp³-hybridized carbons (Fsp3) is 0.333. The van der Waals surface area contributed by atoms with Crippen LogP contribution >= 0.6 is 0 Å². The lowest BCUT2D eigenvalue weighted by atomic mass is 9.84. The number of benzene rings is 2. The fourth-order valence-electron chi connectivity index (χ4n) is 4.38. The maximum atomic E-state index is 12.7. The Labute approximate surface area is 187 Å². The zero-order valence-electron chi connectivity index (χ0n) is 17.6. The third kappa shape index (κ3) is 4.55. The smallest absolute Gasteiger partial charge is 0.264 e. The van der Waals surface area contributed by atoms with Crippen molar-refractivity contribution in [1.82, 2.24) is 5.32 Å². The Balaban J connectivity index is 1.46. The summed E-state index contributed by atoms with van der Waals surface area (Å²) in [7, 11) is -3.67. The maximum absolute atomic E-state index is 12.7. The minimum atomic E-state index is -3.67. The van der Waals surface area contributed by atoms with Crippen LogP contribution in [-0.2, 0) is 19.4 Å². The molecule has 32 heavy (non-hydrogen) atoms. The fourth-order valence-corrected chi connectivity index (χ4v) is 5.66. The highest BCUT2D eigenvalue weighted by Gasteiger charge is 2.37. The Morgan fingerprint density at radius 2 is 1.59 bits per heavy atom. The average Bonchev–Trinajstić information content (AvgIpc) is 3.08. The Morgan fingerprint density at radius 1 is 0.969 bits per heavy atom. The van der Waals surface area contributed by atoms with Crippen molar-refractivity contribution in [1.29, 1.82) is 0 Å². The number of rotatable bonds is 6. The number of nitrogens with one attached hydrogen (secondary N) is 2. The van der Waals surface area contributed by atoms with E-state index in [9.17, 15) is 23.1 Å². The summed E-state index contributed by atoms with van der Waals surface area (Å²) in [4.78, 5) is 25.3. The van der Waals surface area contributed by atoms with Gasteiger partial charge in [0.25, 0.3) is 11.8 Å². The second-order valence-electron chi connectivity index (χ2n) is 8.32. The summed E-state index contributed by atoms with van der Waals surface area (Å²) in [6.07, 6.45) is 6.28. The quantitative estimate of drug-likeness (QED) is 0.576. The number of hydrogen-bond acceptors (Lipinski definition) is 5. The van der Waals surface area contributed by atoms with Gasteiger partial charge in [0, 0.05) is 5.69 Å². The van der Waals surface area contributed by atoms with Crippen molar-refractivity contribution >= 4 is 27.3 Å². The van der Waals surface area contributed by atoms with E-state index in [0.29, 0.717) is 18.0 Å². The first-order chi connectivity index (χ1) is 15.4. The van der Waals surface area contributed by atoms with Crippen molar-refractivity contribution in [3.05, 3.63) is 65.9 Å². The monoisotopic (exact) mass is 454 g/mol. The number of aliphatic hydroxyl groups excluding tert-OH is 1. The number of carbonyl (C=O) groups is 2. The van der Waals surface area contributed by atoms with E-state index >= 15 is 0 Å². The van der Waals surface area contributed by atoms with E-state index in [0.717, 1.165) is 25.7 Å². The summed E-state index contributed by atoms with van der Waals surface area (Å²) in [5.74, 6) is -1.10. The number of anilines is 1. The molecule has 1 aliphatic heterocycles. The lowest BCUT2D eigenvalue weighted by Gasteiger charge is -2.24. The predicted octanol–water partition coefficient (Wildman–Crippen LogP) is 3.74. The summed E-state index contributed by atoms with van der Waals surface area (Å²) >= 11 is 0. The molecule has 1 atom stereocenters. The zero-order chi connectivity index (χ0) is 22.7. The lowest BCUT2D eigenvalue weighted by Crippen LogP contribution is -2.32. The van der Waals surface area contributed by atoms with Crippen LogP contribution in [0.2, 0.25) is 0 Å². The Kier molecular flexibility index (Phi) is 6.32. The van der Waals surface area contributed by atoms with Gasteiger partial charge in [-0.15, -0.1) is 0 Å². The molecule has 1 unspecified atom stereocenters. The summed E-state index contributed by atoms with van der Waals surface area (Å²) < 4.78 is 25.4. The first-order valence-electron chi connectivity index (χ1n) is 10.8. The van der Waals surface area contributed by atoms with Gasteiger partial charge in [-0.3, -0.25) is 9.59 Å². The summed E-state index contributed by atoms with van der Waals surface area (Å²) in [6, 6.07) is 13.2. The lowest BCUT2D eigenvalue weighted by molar-refractivity contribution is -0.120. The second kappa shape index (κ2) is 9.16. The molecule has 0 saturated heterocycles. The molecule has 2 aliphatic rings. The van der Waals surface area contributed by atoms with Gasteiger partial charge < -0.3 is 15.7 Å². The summed E-state index contributed by atoms with van der Waals surface area (Å²) in [6.45, 7) is 0. The van der Waals surface area contributed by atoms with Crippen molar-refractivity contribution in [2.24, 2.45) is 5.92 Å². The van der Waals surface area contributed by atoms with Crippen LogP contribution in [0.5, 0.6) is 0 Å². The SMILES string of the molecule is O=C(Nc1ccc(S(=O)(=O)c2ccccc2)cc1)C1=C(O)C(CC2CCCCC2)NC1=O. The van der Waals surface area contributed by atoms with Gasteiger partial charge in [0.2, 0.25) is 9.84 Å². The molecule has 1 heterocycles. The van der Waals surface area contributed by atoms with E-state index in [-0.39, 0.29) is 21.1 Å². The maximum Gasteiger partial charge on any atom is 0.264 e. The number of carbonyl (C=O) groups excluding carboxylic acids is 2. The van der Waals surface area contributed by atoms with E-state index in [4.69, 9.17) is 0 Å². The van der Waals surface area contributed by atoms with E-state index in [1.54, 1.807) is 18.2 Å². The molecule has 2 aromatic carbocycles. The van der Waals surface area contributed by atoms with Crippen LogP contribution in [0.4, 0.5) is 5.69 Å². The predicted molar refractivity (Wildman–Crippen MR) is 120 cm³/mol. The molecule has 1 saturated carbocycles. The molecule has 4 rings (SSSR count). The van der Waals surface area contributed by atoms with Crippen LogP contribution in [-0.4, -0.2) is 31.4 Å². The molecule has 0 spiro atoms. The molecule has 1 aliphatic carbocycles. The van der Waals surface area contributed by atoms with Gasteiger partial charge in [-0.25, -0.2) is 8.42 Å². The molecular weight excluding hydrogens is 428 g/mol. The van der Waals surface area contributed by atoms with E-state index in [1.165, 1.54) is 42.8 Å². The minimum Gasteiger partial charge on any atom is -0.509 e. The standard InChI is InChI=1S/C24H26N2O5S/c27-22-20(15-16-7-3-1-4-8-16)26-24(29)21(22)23(28)25-17-11-13-19(14-12-17)32(30,31)18-9-5-2-6-10-18/h2,5-6,9-14,16,20,27H,1,3-4,7-8,15H2,(H,25,28)(H,26,29). The number of hydrogen-bond donors (Lipinski definition) is 3. The molecule has 2 aromatic rings. The van der Waals surface area contributed by atoms with Crippen molar-refractivity contribution in [2.75, 3.05) is 5.32 Å². The third-order valence-electron chi connectivity index (χ3n) is 6.12. The zero-order valence-corrected chi connectivity index (χ0v) is 18.4. The van der Waals surface area contributed by atoms with Crippen LogP contribution < -0.4 is 10.6 Å². The minimum absolute atomic E-state index is 0.0925. The Hall–Kier alpha value is -3.13. The normalized spacial score (nSPS) is 19.6. The highest BCUT2D eigenvalue weighted by atomic mass is 32.2. The van der Waals surface area contributed by atoms with Crippen LogP contribution in [0.1, 0.15) is 38.5 Å². The molecule has 0 aromatic heterocycles. The van der Waals surface area contributed by atoms with Crippen LogP contribution in [0.15, 0.2) is 75.7 Å². The molecule has 3 N–H and O–H groups in total. The topological polar surface area (TPSA) is 113 Å². The van der Waals surface area contributed by atoms with Crippen LogP contribution in [0, 0.1) is 5.92 Å². The van der Waals surface area contributed by atoms with Crippen LogP contribution in [0.25, 0.3) is 0 Å². The highest BCUT2D eigenvalue weighted by molar-refractivity contribution is 7.91. The molecular formula is C24H26N2O5S. The van der Waals surface area contributed by atoms with E-state index < -0.39 is 27.7 Å². The molecule has 168 valence electrons. The van der Waals surface area contributed by atoms with Gasteiger partial charge in [0.05, 0.1) is 15.8 Å². The van der Waals surface area contributed by atoms with Gasteiger partial charge in [-0.2, -0.15) is 0 Å². The largest absolute Gasteiger partial charge is 0.509 e. The molecule has 8 heteroatoms. The van der Waals surface area contributed by atoms with Crippen molar-refractivity contribution in [2.45, 2.75) is 54.4 Å². The molecule has 0 bridgehead atoms. The van der Waals surface area contributed by atoms with E-state index in [2.05, 4.69) is 10.6 Å². The first kappa shape index (κ1) is 22.1. The Morgan fingerprint density at radius 3 is 2.25 bits per heavy atom. The van der Waals surface area contributed by atoms with E-state index in [1.807, 2.05) is 0 Å². The number of aliphatic hydroxyl groups is 1. The molecule has 2 amide bonds. The van der Waals surface area contributed by atoms with Crippen molar-refractivity contribution in [3.63, 3.8) is 0 Å². The van der Waals surface area contributed by atoms with Gasteiger partial charge in [-0.1, -0.05) is 50.3 Å². The van der Waals surface area contributed by atoms with Gasteiger partial charge in [-0.05, 0) is 48.7 Å². The second-order valence-corrected chi connectivity index (χ2v) is 10.3. The molecule has 0 radical (unpaired) electrons. The van der Waals surface area contributed by atoms with Crippen molar-refractivity contribution < 1.29 is 23.1 Å². The van der Waals surface area contributed by atoms with Crippen LogP contribution in [0.3, 0.4) is 0 Å². The average molecular weight is 455 g/mol. The summed E-state index contributed by atoms with van der Waals surface area (Å²) in [5.41, 5.74) is 0.0395. The van der Waals surface area contributed by atoms with Crippen molar-refractivity contribution in [3.8, 4) is 0 Å². The van der Waals surface area contributed by atoms with Gasteiger partial charge in [0.15, 0.2) is 0 Å².